The third-order valence-corrected chi connectivity index (χ3v) is 4.72. The number of hydrogen-bond acceptors (Lipinski definition) is 2. The van der Waals surface area contributed by atoms with Crippen molar-refractivity contribution >= 4 is 10.9 Å². The van der Waals surface area contributed by atoms with E-state index >= 15 is 0 Å². The van der Waals surface area contributed by atoms with Gasteiger partial charge in [-0.15, -0.1) is 0 Å². The summed E-state index contributed by atoms with van der Waals surface area (Å²) in [4.78, 5) is 0. The van der Waals surface area contributed by atoms with Crippen LogP contribution in [0.15, 0.2) is 79.0 Å². The summed E-state index contributed by atoms with van der Waals surface area (Å²) in [5, 5.41) is 5.54. The number of nitrogens with zero attached hydrogens (tertiary/aromatic N) is 2. The monoisotopic (exact) mass is 345 g/mol. The Kier molecular flexibility index (Phi) is 4.50. The Hall–Kier alpha value is -2.98. The van der Waals surface area contributed by atoms with Gasteiger partial charge in [0.05, 0.1) is 17.4 Å². The summed E-state index contributed by atoms with van der Waals surface area (Å²) in [5.74, 6) is 0.0137. The van der Waals surface area contributed by atoms with Crippen LogP contribution in [0.2, 0.25) is 0 Å². The molecule has 0 bridgehead atoms. The Labute approximate surface area is 151 Å². The second-order valence-electron chi connectivity index (χ2n) is 6.39. The highest BCUT2D eigenvalue weighted by Gasteiger charge is 2.15. The van der Waals surface area contributed by atoms with Crippen molar-refractivity contribution in [2.45, 2.75) is 12.3 Å². The fraction of sp³-hybridized carbons (Fsp3) is 0.136. The number of halogens is 1. The summed E-state index contributed by atoms with van der Waals surface area (Å²) in [5.41, 5.74) is 10.2. The van der Waals surface area contributed by atoms with Gasteiger partial charge in [0.25, 0.3) is 0 Å². The van der Waals surface area contributed by atoms with Gasteiger partial charge in [-0.2, -0.15) is 5.10 Å². The van der Waals surface area contributed by atoms with E-state index in [9.17, 15) is 4.39 Å². The predicted octanol–water partition coefficient (Wildman–Crippen LogP) is 4.65. The molecule has 4 aromatic rings. The third kappa shape index (κ3) is 3.11. The summed E-state index contributed by atoms with van der Waals surface area (Å²) >= 11 is 0. The van der Waals surface area contributed by atoms with Crippen LogP contribution in [-0.4, -0.2) is 16.3 Å². The first-order valence-electron chi connectivity index (χ1n) is 8.75. The number of aromatic nitrogens is 2. The SMILES string of the molecule is NCCC(c1ccccc1)c1ccc2c(cnn2-c2ccc(F)cc2)c1. The van der Waals surface area contributed by atoms with Crippen LogP contribution in [0.5, 0.6) is 0 Å². The van der Waals surface area contributed by atoms with Crippen LogP contribution < -0.4 is 5.73 Å². The normalized spacial score (nSPS) is 12.4. The van der Waals surface area contributed by atoms with Gasteiger partial charge in [-0.05, 0) is 60.5 Å². The highest BCUT2D eigenvalue weighted by atomic mass is 19.1. The van der Waals surface area contributed by atoms with E-state index in [1.54, 1.807) is 12.1 Å². The summed E-state index contributed by atoms with van der Waals surface area (Å²) in [7, 11) is 0. The number of hydrogen-bond donors (Lipinski definition) is 1. The maximum Gasteiger partial charge on any atom is 0.123 e. The van der Waals surface area contributed by atoms with Crippen molar-refractivity contribution in [2.75, 3.05) is 6.54 Å². The highest BCUT2D eigenvalue weighted by Crippen LogP contribution is 2.30. The first-order valence-corrected chi connectivity index (χ1v) is 8.75. The number of benzene rings is 3. The summed E-state index contributed by atoms with van der Waals surface area (Å²) in [6.07, 6.45) is 2.74. The van der Waals surface area contributed by atoms with Crippen LogP contribution in [-0.2, 0) is 0 Å². The van der Waals surface area contributed by atoms with E-state index in [4.69, 9.17) is 5.73 Å². The van der Waals surface area contributed by atoms with Gasteiger partial charge in [-0.1, -0.05) is 36.4 Å². The molecule has 0 amide bonds. The molecule has 130 valence electrons. The lowest BCUT2D eigenvalue weighted by atomic mass is 9.88. The Bertz CT molecular complexity index is 1010. The molecule has 2 N–H and O–H groups in total. The molecule has 0 radical (unpaired) electrons. The largest absolute Gasteiger partial charge is 0.330 e. The molecular weight excluding hydrogens is 325 g/mol. The molecule has 1 aromatic heterocycles. The minimum absolute atomic E-state index is 0.250. The zero-order chi connectivity index (χ0) is 17.9. The molecule has 0 spiro atoms. The molecule has 1 atom stereocenters. The van der Waals surface area contributed by atoms with Crippen LogP contribution in [0.3, 0.4) is 0 Å². The lowest BCUT2D eigenvalue weighted by molar-refractivity contribution is 0.627. The van der Waals surface area contributed by atoms with E-state index < -0.39 is 0 Å². The molecule has 3 nitrogen and oxygen atoms in total. The first-order chi connectivity index (χ1) is 12.8. The lowest BCUT2D eigenvalue weighted by Crippen LogP contribution is -2.08. The van der Waals surface area contributed by atoms with Crippen molar-refractivity contribution in [1.29, 1.82) is 0 Å². The second kappa shape index (κ2) is 7.10. The zero-order valence-corrected chi connectivity index (χ0v) is 14.3. The van der Waals surface area contributed by atoms with Gasteiger partial charge < -0.3 is 5.73 Å². The first kappa shape index (κ1) is 16.5. The van der Waals surface area contributed by atoms with Gasteiger partial charge in [0.1, 0.15) is 5.82 Å². The van der Waals surface area contributed by atoms with Crippen molar-refractivity contribution in [1.82, 2.24) is 9.78 Å². The standard InChI is InChI=1S/C22H20FN3/c23-19-7-9-20(10-8-19)26-22-11-6-17(14-18(22)15-25-26)21(12-13-24)16-4-2-1-3-5-16/h1-11,14-15,21H,12-13,24H2. The quantitative estimate of drug-likeness (QED) is 0.572. The number of nitrogens with two attached hydrogens (primary N) is 1. The van der Waals surface area contributed by atoms with Gasteiger partial charge in [0.15, 0.2) is 0 Å². The lowest BCUT2D eigenvalue weighted by Gasteiger charge is -2.17. The van der Waals surface area contributed by atoms with Crippen LogP contribution in [0, 0.1) is 5.82 Å². The van der Waals surface area contributed by atoms with Crippen molar-refractivity contribution in [3.8, 4) is 5.69 Å². The fourth-order valence-corrected chi connectivity index (χ4v) is 3.43. The Morgan fingerprint density at radius 2 is 1.69 bits per heavy atom. The Balaban J connectivity index is 1.75. The average Bonchev–Trinajstić information content (AvgIpc) is 3.10. The summed E-state index contributed by atoms with van der Waals surface area (Å²) in [6, 6.07) is 23.2. The third-order valence-electron chi connectivity index (χ3n) is 4.72. The number of rotatable bonds is 5. The van der Waals surface area contributed by atoms with E-state index in [1.807, 2.05) is 16.9 Å². The van der Waals surface area contributed by atoms with Gasteiger partial charge in [-0.25, -0.2) is 9.07 Å². The van der Waals surface area contributed by atoms with Crippen molar-refractivity contribution < 1.29 is 4.39 Å². The van der Waals surface area contributed by atoms with Crippen molar-refractivity contribution in [2.24, 2.45) is 5.73 Å². The molecule has 4 rings (SSSR count). The molecule has 0 aliphatic carbocycles. The van der Waals surface area contributed by atoms with Crippen LogP contribution in [0.4, 0.5) is 4.39 Å². The smallest absolute Gasteiger partial charge is 0.123 e. The molecule has 1 heterocycles. The van der Waals surface area contributed by atoms with E-state index in [1.165, 1.54) is 23.3 Å². The highest BCUT2D eigenvalue weighted by molar-refractivity contribution is 5.81. The summed E-state index contributed by atoms with van der Waals surface area (Å²) in [6.45, 7) is 0.631. The van der Waals surface area contributed by atoms with E-state index in [0.29, 0.717) is 6.54 Å². The Morgan fingerprint density at radius 3 is 2.42 bits per heavy atom. The fourth-order valence-electron chi connectivity index (χ4n) is 3.43. The minimum atomic E-state index is -0.250. The molecular formula is C22H20FN3. The summed E-state index contributed by atoms with van der Waals surface area (Å²) < 4.78 is 15.0. The molecule has 0 saturated carbocycles. The van der Waals surface area contributed by atoms with Gasteiger partial charge in [0, 0.05) is 11.3 Å². The molecule has 3 aromatic carbocycles. The van der Waals surface area contributed by atoms with Crippen LogP contribution >= 0.6 is 0 Å². The molecule has 0 aliphatic rings. The topological polar surface area (TPSA) is 43.8 Å². The average molecular weight is 345 g/mol. The van der Waals surface area contributed by atoms with Gasteiger partial charge in [0.2, 0.25) is 0 Å². The molecule has 0 saturated heterocycles. The molecule has 26 heavy (non-hydrogen) atoms. The van der Waals surface area contributed by atoms with Crippen molar-refractivity contribution in [3.63, 3.8) is 0 Å². The Morgan fingerprint density at radius 1 is 0.923 bits per heavy atom. The molecule has 1 unspecified atom stereocenters. The minimum Gasteiger partial charge on any atom is -0.330 e. The van der Waals surface area contributed by atoms with Crippen molar-refractivity contribution in [3.05, 3.63) is 95.9 Å². The maximum absolute atomic E-state index is 13.2. The van der Waals surface area contributed by atoms with E-state index in [0.717, 1.165) is 23.0 Å². The van der Waals surface area contributed by atoms with E-state index in [2.05, 4.69) is 47.6 Å². The van der Waals surface area contributed by atoms with Gasteiger partial charge in [-0.3, -0.25) is 0 Å². The van der Waals surface area contributed by atoms with Crippen LogP contribution in [0.1, 0.15) is 23.5 Å². The zero-order valence-electron chi connectivity index (χ0n) is 14.3. The maximum atomic E-state index is 13.2. The number of fused-ring (bicyclic) bond motifs is 1. The molecule has 0 aliphatic heterocycles. The molecule has 4 heteroatoms. The van der Waals surface area contributed by atoms with Crippen LogP contribution in [0.25, 0.3) is 16.6 Å². The predicted molar refractivity (Wildman–Crippen MR) is 103 cm³/mol. The second-order valence-corrected chi connectivity index (χ2v) is 6.39. The molecule has 0 fully saturated rings. The van der Waals surface area contributed by atoms with E-state index in [-0.39, 0.29) is 11.7 Å². The van der Waals surface area contributed by atoms with Gasteiger partial charge >= 0.3 is 0 Å².